The summed E-state index contributed by atoms with van der Waals surface area (Å²) in [6.45, 7) is 7.52. The Labute approximate surface area is 173 Å². The molecule has 152 valence electrons. The van der Waals surface area contributed by atoms with Gasteiger partial charge >= 0.3 is 6.09 Å². The average molecular weight is 442 g/mol. The number of hydrogen-bond acceptors (Lipinski definition) is 5. The third kappa shape index (κ3) is 6.52. The van der Waals surface area contributed by atoms with E-state index in [4.69, 9.17) is 54.2 Å². The van der Waals surface area contributed by atoms with Crippen LogP contribution in [0.5, 0.6) is 5.75 Å². The molecule has 1 fully saturated rings. The third-order valence-electron chi connectivity index (χ3n) is 3.57. The van der Waals surface area contributed by atoms with E-state index in [1.54, 1.807) is 18.1 Å². The monoisotopic (exact) mass is 440 g/mol. The molecule has 2 rings (SSSR count). The Bertz CT molecular complexity index is 672. The average Bonchev–Trinajstić information content (AvgIpc) is 2.59. The number of carbonyl (C=O) groups excluding carboxylic acids is 1. The first-order chi connectivity index (χ1) is 12.6. The number of amides is 1. The van der Waals surface area contributed by atoms with Crippen molar-refractivity contribution in [2.75, 3.05) is 38.2 Å². The predicted octanol–water partition coefficient (Wildman–Crippen LogP) is 4.41. The molecule has 1 saturated heterocycles. The number of methoxy groups -OCH3 is 1. The van der Waals surface area contributed by atoms with Crippen molar-refractivity contribution in [3.63, 3.8) is 0 Å². The fraction of sp³-hybridized carbons (Fsp3) is 0.529. The van der Waals surface area contributed by atoms with Crippen molar-refractivity contribution in [3.8, 4) is 5.75 Å². The van der Waals surface area contributed by atoms with Gasteiger partial charge in [0.2, 0.25) is 0 Å². The van der Waals surface area contributed by atoms with Gasteiger partial charge in [0.25, 0.3) is 6.47 Å². The maximum atomic E-state index is 12.1. The minimum absolute atomic E-state index is 0.250. The number of nitrogens with zero attached hydrogens (tertiary/aromatic N) is 2. The molecule has 10 heteroatoms. The molecule has 1 aromatic rings. The number of piperazine rings is 1. The molecule has 0 aliphatic carbocycles. The molecule has 0 spiro atoms. The molecule has 1 amide bonds. The molecule has 0 atom stereocenters. The fourth-order valence-corrected chi connectivity index (χ4v) is 3.15. The van der Waals surface area contributed by atoms with Gasteiger partial charge in [-0.15, -0.1) is 0 Å². The molecule has 7 nitrogen and oxygen atoms in total. The smallest absolute Gasteiger partial charge is 0.410 e. The lowest BCUT2D eigenvalue weighted by Gasteiger charge is -2.37. The van der Waals surface area contributed by atoms with Crippen molar-refractivity contribution in [3.05, 3.63) is 21.1 Å². The maximum Gasteiger partial charge on any atom is 0.410 e. The first kappa shape index (κ1) is 23.5. The summed E-state index contributed by atoms with van der Waals surface area (Å²) in [5.74, 6) is 0.556. The van der Waals surface area contributed by atoms with Crippen molar-refractivity contribution in [1.29, 1.82) is 0 Å². The van der Waals surface area contributed by atoms with Crippen molar-refractivity contribution in [1.82, 2.24) is 4.90 Å². The quantitative estimate of drug-likeness (QED) is 0.541. The zero-order chi connectivity index (χ0) is 20.8. The fourth-order valence-electron chi connectivity index (χ4n) is 2.45. The van der Waals surface area contributed by atoms with Crippen LogP contribution in [-0.2, 0) is 9.53 Å². The van der Waals surface area contributed by atoms with Crippen LogP contribution in [0.1, 0.15) is 20.8 Å². The molecule has 0 radical (unpaired) electrons. The Morgan fingerprint density at radius 1 is 1.15 bits per heavy atom. The molecule has 1 aromatic carbocycles. The van der Waals surface area contributed by atoms with Gasteiger partial charge in [0.1, 0.15) is 17.0 Å². The van der Waals surface area contributed by atoms with Gasteiger partial charge < -0.3 is 24.4 Å². The summed E-state index contributed by atoms with van der Waals surface area (Å²) in [5.41, 5.74) is 0.183. The van der Waals surface area contributed by atoms with E-state index in [0.717, 1.165) is 0 Å². The molecule has 0 bridgehead atoms. The number of benzene rings is 1. The summed E-state index contributed by atoms with van der Waals surface area (Å²) in [7, 11) is 1.55. The number of anilines is 1. The van der Waals surface area contributed by atoms with Crippen LogP contribution in [0, 0.1) is 0 Å². The number of carboxylic acid groups (broad SMARTS) is 1. The molecule has 1 heterocycles. The van der Waals surface area contributed by atoms with Crippen LogP contribution in [-0.4, -0.2) is 61.5 Å². The van der Waals surface area contributed by atoms with Crippen LogP contribution >= 0.6 is 34.8 Å². The van der Waals surface area contributed by atoms with Gasteiger partial charge in [-0.2, -0.15) is 0 Å². The topological polar surface area (TPSA) is 79.3 Å². The number of halogens is 3. The number of rotatable bonds is 2. The van der Waals surface area contributed by atoms with Crippen LogP contribution < -0.4 is 9.64 Å². The Hall–Kier alpha value is -1.57. The molecule has 0 unspecified atom stereocenters. The summed E-state index contributed by atoms with van der Waals surface area (Å²) in [6, 6.07) is 1.64. The first-order valence-corrected chi connectivity index (χ1v) is 9.21. The molecule has 1 aliphatic rings. The Kier molecular flexibility index (Phi) is 8.78. The van der Waals surface area contributed by atoms with Crippen molar-refractivity contribution in [2.45, 2.75) is 26.4 Å². The zero-order valence-corrected chi connectivity index (χ0v) is 17.9. The van der Waals surface area contributed by atoms with Crippen LogP contribution in [0.2, 0.25) is 15.1 Å². The molecule has 0 saturated carbocycles. The van der Waals surface area contributed by atoms with Crippen LogP contribution in [0.3, 0.4) is 0 Å². The van der Waals surface area contributed by atoms with Crippen molar-refractivity contribution >= 4 is 53.1 Å². The summed E-state index contributed by atoms with van der Waals surface area (Å²) < 4.78 is 10.8. The SMILES string of the molecule is COc1cc(Cl)c(Cl)c(Cl)c1N1CCN(C(=O)OC(C)(C)C)CC1.O=CO. The second kappa shape index (κ2) is 10.1. The lowest BCUT2D eigenvalue weighted by atomic mass is 10.2. The van der Waals surface area contributed by atoms with E-state index in [1.807, 2.05) is 25.7 Å². The summed E-state index contributed by atoms with van der Waals surface area (Å²) in [6.07, 6.45) is -0.311. The zero-order valence-electron chi connectivity index (χ0n) is 15.6. The van der Waals surface area contributed by atoms with Gasteiger partial charge in [0.15, 0.2) is 0 Å². The Morgan fingerprint density at radius 2 is 1.67 bits per heavy atom. The third-order valence-corrected chi connectivity index (χ3v) is 4.82. The highest BCUT2D eigenvalue weighted by molar-refractivity contribution is 6.49. The predicted molar refractivity (Wildman–Crippen MR) is 107 cm³/mol. The summed E-state index contributed by atoms with van der Waals surface area (Å²) in [5, 5.41) is 7.88. The lowest BCUT2D eigenvalue weighted by molar-refractivity contribution is -0.122. The van der Waals surface area contributed by atoms with Crippen LogP contribution in [0.15, 0.2) is 6.07 Å². The normalized spacial score (nSPS) is 14.2. The van der Waals surface area contributed by atoms with Gasteiger partial charge in [-0.05, 0) is 20.8 Å². The van der Waals surface area contributed by atoms with E-state index in [9.17, 15) is 4.79 Å². The van der Waals surface area contributed by atoms with E-state index in [-0.39, 0.29) is 12.6 Å². The van der Waals surface area contributed by atoms with Crippen molar-refractivity contribution < 1.29 is 24.2 Å². The highest BCUT2D eigenvalue weighted by Gasteiger charge is 2.28. The van der Waals surface area contributed by atoms with Gasteiger partial charge in [-0.3, -0.25) is 4.79 Å². The minimum Gasteiger partial charge on any atom is -0.494 e. The second-order valence-electron chi connectivity index (χ2n) is 6.60. The number of hydrogen-bond donors (Lipinski definition) is 1. The molecule has 0 aromatic heterocycles. The van der Waals surface area contributed by atoms with E-state index in [1.165, 1.54) is 0 Å². The minimum atomic E-state index is -0.509. The van der Waals surface area contributed by atoms with Gasteiger partial charge in [0, 0.05) is 32.2 Å². The summed E-state index contributed by atoms with van der Waals surface area (Å²) in [4.78, 5) is 24.2. The van der Waals surface area contributed by atoms with E-state index in [2.05, 4.69) is 0 Å². The molecule has 27 heavy (non-hydrogen) atoms. The van der Waals surface area contributed by atoms with Crippen LogP contribution in [0.25, 0.3) is 0 Å². The number of ether oxygens (including phenoxy) is 2. The summed E-state index contributed by atoms with van der Waals surface area (Å²) >= 11 is 18.6. The molecular weight excluding hydrogens is 419 g/mol. The van der Waals surface area contributed by atoms with Gasteiger partial charge in [-0.1, -0.05) is 34.8 Å². The lowest BCUT2D eigenvalue weighted by Crippen LogP contribution is -2.50. The van der Waals surface area contributed by atoms with Crippen LogP contribution in [0.4, 0.5) is 10.5 Å². The van der Waals surface area contributed by atoms with Gasteiger partial charge in [0.05, 0.1) is 22.2 Å². The second-order valence-corrected chi connectivity index (χ2v) is 7.76. The maximum absolute atomic E-state index is 12.1. The Morgan fingerprint density at radius 3 is 2.11 bits per heavy atom. The Balaban J connectivity index is 0.00000114. The highest BCUT2D eigenvalue weighted by atomic mass is 35.5. The van der Waals surface area contributed by atoms with E-state index >= 15 is 0 Å². The molecule has 1 N–H and O–H groups in total. The molecular formula is C17H23Cl3N2O5. The van der Waals surface area contributed by atoms with E-state index < -0.39 is 5.60 Å². The van der Waals surface area contributed by atoms with Crippen molar-refractivity contribution in [2.24, 2.45) is 0 Å². The van der Waals surface area contributed by atoms with Gasteiger partial charge in [-0.25, -0.2) is 4.79 Å². The molecule has 1 aliphatic heterocycles. The first-order valence-electron chi connectivity index (χ1n) is 8.08. The standard InChI is InChI=1S/C16H21Cl3N2O3.CH2O2/c1-16(2,3)24-15(22)21-7-5-20(6-8-21)14-11(23-4)9-10(17)12(18)13(14)19;2-1-3/h9H,5-8H2,1-4H3;1H,(H,2,3). The van der Waals surface area contributed by atoms with E-state index in [0.29, 0.717) is 52.7 Å². The number of carbonyl (C=O) groups is 2. The largest absolute Gasteiger partial charge is 0.494 e. The highest BCUT2D eigenvalue weighted by Crippen LogP contribution is 2.44.